The first-order chi connectivity index (χ1) is 14.2. The average Bonchev–Trinajstić information content (AvgIpc) is 3.28. The maximum atomic E-state index is 13.3. The van der Waals surface area contributed by atoms with Crippen molar-refractivity contribution in [3.8, 4) is 0 Å². The summed E-state index contributed by atoms with van der Waals surface area (Å²) in [4.78, 5) is 0. The normalized spacial score (nSPS) is 31.2. The highest BCUT2D eigenvalue weighted by atomic mass is 35.5. The molecule has 2 aliphatic carbocycles. The molecule has 3 aliphatic rings. The lowest BCUT2D eigenvalue weighted by molar-refractivity contribution is -0.0516. The minimum atomic E-state index is -0.370. The molecule has 0 N–H and O–H groups in total. The molecule has 0 aromatic heterocycles. The molecule has 0 radical (unpaired) electrons. The van der Waals surface area contributed by atoms with Crippen molar-refractivity contribution in [1.82, 2.24) is 0 Å². The molecule has 29 heavy (non-hydrogen) atoms. The van der Waals surface area contributed by atoms with Crippen molar-refractivity contribution in [2.24, 2.45) is 17.8 Å². The van der Waals surface area contributed by atoms with Gasteiger partial charge in [-0.05, 0) is 86.8 Å². The zero-order valence-electron chi connectivity index (χ0n) is 17.3. The molecule has 2 saturated carbocycles. The zero-order chi connectivity index (χ0) is 20.1. The predicted molar refractivity (Wildman–Crippen MR) is 112 cm³/mol. The summed E-state index contributed by atoms with van der Waals surface area (Å²) in [6.07, 6.45) is 13.1. The number of hydrogen-bond donors (Lipinski definition) is 0. The van der Waals surface area contributed by atoms with Gasteiger partial charge in [-0.1, -0.05) is 30.5 Å². The van der Waals surface area contributed by atoms with Crippen molar-refractivity contribution < 1.29 is 18.6 Å². The Balaban J connectivity index is 1.12. The van der Waals surface area contributed by atoms with Crippen LogP contribution in [0.25, 0.3) is 0 Å². The minimum absolute atomic E-state index is 0.0638. The molecule has 1 aromatic rings. The summed E-state index contributed by atoms with van der Waals surface area (Å²) in [5, 5.41) is 0.175. The van der Waals surface area contributed by atoms with Crippen LogP contribution in [0.1, 0.15) is 69.8 Å². The van der Waals surface area contributed by atoms with E-state index < -0.39 is 0 Å². The highest BCUT2D eigenvalue weighted by molar-refractivity contribution is 6.30. The maximum Gasteiger partial charge on any atom is 0.157 e. The van der Waals surface area contributed by atoms with Crippen molar-refractivity contribution in [3.63, 3.8) is 0 Å². The molecule has 162 valence electrons. The third kappa shape index (κ3) is 6.16. The van der Waals surface area contributed by atoms with Crippen LogP contribution in [-0.2, 0) is 20.8 Å². The molecule has 0 amide bonds. The third-order valence-electron chi connectivity index (χ3n) is 7.25. The van der Waals surface area contributed by atoms with Crippen LogP contribution in [0.15, 0.2) is 18.2 Å². The molecule has 0 bridgehead atoms. The molecule has 3 fully saturated rings. The lowest BCUT2D eigenvalue weighted by Gasteiger charge is -2.38. The van der Waals surface area contributed by atoms with Crippen molar-refractivity contribution in [2.75, 3.05) is 13.2 Å². The fourth-order valence-electron chi connectivity index (χ4n) is 5.46. The molecule has 1 saturated heterocycles. The van der Waals surface area contributed by atoms with E-state index in [9.17, 15) is 4.39 Å². The van der Waals surface area contributed by atoms with Gasteiger partial charge in [0.05, 0.1) is 30.9 Å². The fraction of sp³-hybridized carbons (Fsp3) is 0.750. The van der Waals surface area contributed by atoms with Gasteiger partial charge in [0.2, 0.25) is 0 Å². The minimum Gasteiger partial charge on any atom is -0.374 e. The van der Waals surface area contributed by atoms with Crippen LogP contribution in [0.2, 0.25) is 5.02 Å². The molecule has 5 heteroatoms. The van der Waals surface area contributed by atoms with Gasteiger partial charge in [-0.2, -0.15) is 0 Å². The summed E-state index contributed by atoms with van der Waals surface area (Å²) in [6.45, 7) is 2.05. The van der Waals surface area contributed by atoms with E-state index in [1.165, 1.54) is 51.0 Å². The number of benzene rings is 1. The summed E-state index contributed by atoms with van der Waals surface area (Å²) < 4.78 is 30.5. The summed E-state index contributed by atoms with van der Waals surface area (Å²) in [7, 11) is 0. The highest BCUT2D eigenvalue weighted by Gasteiger charge is 2.31. The van der Waals surface area contributed by atoms with E-state index in [0.29, 0.717) is 12.7 Å². The van der Waals surface area contributed by atoms with Gasteiger partial charge < -0.3 is 14.2 Å². The lowest BCUT2D eigenvalue weighted by atomic mass is 9.70. The lowest BCUT2D eigenvalue weighted by Crippen LogP contribution is -2.28. The molecule has 4 rings (SSSR count). The topological polar surface area (TPSA) is 27.7 Å². The van der Waals surface area contributed by atoms with Crippen molar-refractivity contribution in [1.29, 1.82) is 0 Å². The second kappa shape index (κ2) is 10.6. The largest absolute Gasteiger partial charge is 0.374 e. The Morgan fingerprint density at radius 1 is 0.897 bits per heavy atom. The quantitative estimate of drug-likeness (QED) is 0.499. The van der Waals surface area contributed by atoms with Crippen LogP contribution in [0.3, 0.4) is 0 Å². The van der Waals surface area contributed by atoms with E-state index >= 15 is 0 Å². The highest BCUT2D eigenvalue weighted by Crippen LogP contribution is 2.41. The first-order valence-corrected chi connectivity index (χ1v) is 11.8. The molecule has 1 aliphatic heterocycles. The Hall–Kier alpha value is -0.680. The summed E-state index contributed by atoms with van der Waals surface area (Å²) in [5.74, 6) is 2.27. The monoisotopic (exact) mass is 424 g/mol. The van der Waals surface area contributed by atoms with Gasteiger partial charge in [0.1, 0.15) is 5.82 Å². The van der Waals surface area contributed by atoms with E-state index in [-0.39, 0.29) is 17.1 Å². The number of halogens is 2. The first-order valence-electron chi connectivity index (χ1n) is 11.5. The summed E-state index contributed by atoms with van der Waals surface area (Å²) in [5.41, 5.74) is 0.949. The predicted octanol–water partition coefficient (Wildman–Crippen LogP) is 6.51. The molecule has 0 atom stereocenters. The van der Waals surface area contributed by atoms with E-state index in [0.717, 1.165) is 55.8 Å². The number of hydrogen-bond acceptors (Lipinski definition) is 3. The van der Waals surface area contributed by atoms with E-state index in [1.807, 2.05) is 0 Å². The maximum absolute atomic E-state index is 13.3. The van der Waals surface area contributed by atoms with Crippen LogP contribution < -0.4 is 0 Å². The van der Waals surface area contributed by atoms with Crippen molar-refractivity contribution >= 4 is 11.6 Å². The molecule has 1 aromatic carbocycles. The van der Waals surface area contributed by atoms with Crippen molar-refractivity contribution in [2.45, 2.75) is 83.2 Å². The molecule has 0 unspecified atom stereocenters. The van der Waals surface area contributed by atoms with Crippen molar-refractivity contribution in [3.05, 3.63) is 34.6 Å². The smallest absolute Gasteiger partial charge is 0.157 e. The fourth-order valence-corrected chi connectivity index (χ4v) is 5.67. The van der Waals surface area contributed by atoms with E-state index in [4.69, 9.17) is 25.8 Å². The van der Waals surface area contributed by atoms with E-state index in [2.05, 4.69) is 0 Å². The van der Waals surface area contributed by atoms with Gasteiger partial charge >= 0.3 is 0 Å². The zero-order valence-corrected chi connectivity index (χ0v) is 18.0. The van der Waals surface area contributed by atoms with E-state index in [1.54, 1.807) is 12.1 Å². The van der Waals surface area contributed by atoms with Gasteiger partial charge in [0, 0.05) is 0 Å². The molecule has 0 spiro atoms. The van der Waals surface area contributed by atoms with Gasteiger partial charge in [-0.15, -0.1) is 0 Å². The van der Waals surface area contributed by atoms with Crippen LogP contribution in [-0.4, -0.2) is 25.6 Å². The third-order valence-corrected chi connectivity index (χ3v) is 7.54. The Bertz CT molecular complexity index is 633. The summed E-state index contributed by atoms with van der Waals surface area (Å²) >= 11 is 5.86. The van der Waals surface area contributed by atoms with Gasteiger partial charge in [-0.3, -0.25) is 0 Å². The van der Waals surface area contributed by atoms with Crippen LogP contribution >= 0.6 is 11.6 Å². The standard InChI is InChI=1S/C24H34ClFO3/c25-22-15-18(3-11-23(22)26)16-29-21-9-7-20(8-10-21)19-5-1-17(2-6-19)4-12-24-27-13-14-28-24/h3,11,15,17,19-21,24H,1-2,4-10,12-14,16H2/t17-,19-,20?,21?. The Morgan fingerprint density at radius 2 is 1.55 bits per heavy atom. The van der Waals surface area contributed by atoms with Gasteiger partial charge in [0.25, 0.3) is 0 Å². The number of ether oxygens (including phenoxy) is 3. The second-order valence-corrected chi connectivity index (χ2v) is 9.53. The van der Waals surface area contributed by atoms with Crippen LogP contribution in [0.4, 0.5) is 4.39 Å². The average molecular weight is 425 g/mol. The molecule has 3 nitrogen and oxygen atoms in total. The molecular weight excluding hydrogens is 391 g/mol. The molecular formula is C24H34ClFO3. The summed E-state index contributed by atoms with van der Waals surface area (Å²) in [6, 6.07) is 4.85. The Labute approximate surface area is 179 Å². The Kier molecular flexibility index (Phi) is 7.85. The van der Waals surface area contributed by atoms with Gasteiger partial charge in [0.15, 0.2) is 6.29 Å². The Morgan fingerprint density at radius 3 is 2.21 bits per heavy atom. The first kappa shape index (κ1) is 21.5. The number of rotatable bonds is 7. The van der Waals surface area contributed by atoms with Gasteiger partial charge in [-0.25, -0.2) is 4.39 Å². The van der Waals surface area contributed by atoms with Crippen LogP contribution in [0, 0.1) is 23.6 Å². The van der Waals surface area contributed by atoms with Crippen LogP contribution in [0.5, 0.6) is 0 Å². The SMILES string of the molecule is Fc1ccc(COC2CCC([C@H]3CC[C@H](CCC4OCCO4)CC3)CC2)cc1Cl. The molecule has 1 heterocycles. The second-order valence-electron chi connectivity index (χ2n) is 9.13.